The number of anilines is 1. The molecule has 3 nitrogen and oxygen atoms in total. The molecule has 3 rings (SSSR count). The topological polar surface area (TPSA) is 50.4 Å². The van der Waals surface area contributed by atoms with Crippen LogP contribution in [0, 0.1) is 0 Å². The lowest BCUT2D eigenvalue weighted by Gasteiger charge is -2.07. The average Bonchev–Trinajstić information content (AvgIpc) is 2.95. The molecule has 0 radical (unpaired) electrons. The Morgan fingerprint density at radius 3 is 2.76 bits per heavy atom. The standard InChI is InChI=1S/C13H17N3.HI/c14-13(15-11-6-7-11)16-12-5-4-9-2-1-3-10(9)8-12;/h4-5,8,11H,1-3,6-7H2,(H3,14,15,16);1H. The molecule has 2 aliphatic carbocycles. The Hall–Kier alpha value is -0.780. The summed E-state index contributed by atoms with van der Waals surface area (Å²) in [4.78, 5) is 4.36. The summed E-state index contributed by atoms with van der Waals surface area (Å²) in [7, 11) is 0. The van der Waals surface area contributed by atoms with Gasteiger partial charge < -0.3 is 11.1 Å². The van der Waals surface area contributed by atoms with Crippen LogP contribution in [0.25, 0.3) is 0 Å². The molecule has 92 valence electrons. The first kappa shape index (κ1) is 12.7. The van der Waals surface area contributed by atoms with E-state index in [0.717, 1.165) is 5.69 Å². The maximum absolute atomic E-state index is 5.83. The lowest BCUT2D eigenvalue weighted by Crippen LogP contribution is -2.23. The largest absolute Gasteiger partial charge is 0.370 e. The summed E-state index contributed by atoms with van der Waals surface area (Å²) in [6.07, 6.45) is 6.08. The molecule has 0 unspecified atom stereocenters. The number of nitrogens with zero attached hydrogens (tertiary/aromatic N) is 1. The zero-order valence-corrected chi connectivity index (χ0v) is 12.1. The number of hydrogen-bond acceptors (Lipinski definition) is 1. The van der Waals surface area contributed by atoms with Crippen LogP contribution in [0.3, 0.4) is 0 Å². The summed E-state index contributed by atoms with van der Waals surface area (Å²) in [6, 6.07) is 6.98. The highest BCUT2D eigenvalue weighted by molar-refractivity contribution is 14.0. The maximum atomic E-state index is 5.83. The molecule has 0 atom stereocenters. The molecule has 0 heterocycles. The van der Waals surface area contributed by atoms with Crippen LogP contribution >= 0.6 is 24.0 Å². The maximum Gasteiger partial charge on any atom is 0.193 e. The van der Waals surface area contributed by atoms with Gasteiger partial charge in [0.15, 0.2) is 5.96 Å². The second-order valence-corrected chi connectivity index (χ2v) is 4.71. The lowest BCUT2D eigenvalue weighted by molar-refractivity contribution is 0.912. The second kappa shape index (κ2) is 5.25. The molecule has 3 N–H and O–H groups in total. The molecule has 0 aliphatic heterocycles. The quantitative estimate of drug-likeness (QED) is 0.493. The molecule has 0 saturated heterocycles. The van der Waals surface area contributed by atoms with Gasteiger partial charge in [0, 0.05) is 5.69 Å². The van der Waals surface area contributed by atoms with Gasteiger partial charge in [0.2, 0.25) is 0 Å². The van der Waals surface area contributed by atoms with E-state index in [0.29, 0.717) is 12.0 Å². The van der Waals surface area contributed by atoms with Gasteiger partial charge in [-0.25, -0.2) is 4.99 Å². The van der Waals surface area contributed by atoms with Crippen molar-refractivity contribution in [3.8, 4) is 0 Å². The fourth-order valence-electron chi connectivity index (χ4n) is 2.23. The van der Waals surface area contributed by atoms with E-state index in [9.17, 15) is 0 Å². The van der Waals surface area contributed by atoms with Crippen molar-refractivity contribution >= 4 is 35.6 Å². The van der Waals surface area contributed by atoms with Crippen LogP contribution in [0.1, 0.15) is 30.4 Å². The third-order valence-corrected chi connectivity index (χ3v) is 3.24. The zero-order chi connectivity index (χ0) is 11.0. The van der Waals surface area contributed by atoms with Crippen molar-refractivity contribution in [1.82, 2.24) is 0 Å². The van der Waals surface area contributed by atoms with Crippen molar-refractivity contribution in [3.63, 3.8) is 0 Å². The Bertz CT molecular complexity index is 438. The minimum Gasteiger partial charge on any atom is -0.370 e. The number of aryl methyl sites for hydroxylation is 2. The molecule has 0 spiro atoms. The van der Waals surface area contributed by atoms with Gasteiger partial charge in [-0.1, -0.05) is 6.07 Å². The van der Waals surface area contributed by atoms with Crippen molar-refractivity contribution in [1.29, 1.82) is 0 Å². The fraction of sp³-hybridized carbons (Fsp3) is 0.462. The molecule has 2 aliphatic rings. The van der Waals surface area contributed by atoms with E-state index < -0.39 is 0 Å². The number of halogens is 1. The number of nitrogens with two attached hydrogens (primary N) is 1. The summed E-state index contributed by atoms with van der Waals surface area (Å²) in [5.41, 5.74) is 9.85. The molecule has 0 amide bonds. The first-order valence-corrected chi connectivity index (χ1v) is 6.03. The Morgan fingerprint density at radius 2 is 2.00 bits per heavy atom. The van der Waals surface area contributed by atoms with Gasteiger partial charge in [-0.15, -0.1) is 24.0 Å². The molecule has 1 aromatic rings. The summed E-state index contributed by atoms with van der Waals surface area (Å²) in [6.45, 7) is 0. The molecule has 17 heavy (non-hydrogen) atoms. The van der Waals surface area contributed by atoms with Crippen molar-refractivity contribution in [2.75, 3.05) is 5.32 Å². The molecule has 1 aromatic carbocycles. The van der Waals surface area contributed by atoms with Crippen molar-refractivity contribution in [3.05, 3.63) is 29.3 Å². The molecule has 1 saturated carbocycles. The minimum absolute atomic E-state index is 0. The Morgan fingerprint density at radius 1 is 1.24 bits per heavy atom. The van der Waals surface area contributed by atoms with Gasteiger partial charge in [-0.2, -0.15) is 0 Å². The van der Waals surface area contributed by atoms with Crippen LogP contribution in [0.4, 0.5) is 5.69 Å². The SMILES string of the molecule is I.NC(=NC1CC1)Nc1ccc2c(c1)CCC2. The fourth-order valence-corrected chi connectivity index (χ4v) is 2.23. The van der Waals surface area contributed by atoms with E-state index >= 15 is 0 Å². The zero-order valence-electron chi connectivity index (χ0n) is 9.78. The van der Waals surface area contributed by atoms with Gasteiger partial charge in [-0.05, 0) is 55.4 Å². The van der Waals surface area contributed by atoms with Crippen LogP contribution in [0.5, 0.6) is 0 Å². The number of aliphatic imine (C=N–C) groups is 1. The van der Waals surface area contributed by atoms with Gasteiger partial charge in [-0.3, -0.25) is 0 Å². The van der Waals surface area contributed by atoms with Crippen molar-refractivity contribution in [2.24, 2.45) is 10.7 Å². The molecular formula is C13H18IN3. The van der Waals surface area contributed by atoms with Crippen LogP contribution in [0.2, 0.25) is 0 Å². The minimum atomic E-state index is 0. The highest BCUT2D eigenvalue weighted by Crippen LogP contribution is 2.25. The van der Waals surface area contributed by atoms with E-state index in [-0.39, 0.29) is 24.0 Å². The third-order valence-electron chi connectivity index (χ3n) is 3.24. The summed E-state index contributed by atoms with van der Waals surface area (Å²) >= 11 is 0. The summed E-state index contributed by atoms with van der Waals surface area (Å²) in [5.74, 6) is 0.556. The Kier molecular flexibility index (Phi) is 3.91. The van der Waals surface area contributed by atoms with E-state index in [1.165, 1.54) is 43.2 Å². The van der Waals surface area contributed by atoms with E-state index in [4.69, 9.17) is 5.73 Å². The predicted molar refractivity (Wildman–Crippen MR) is 82.1 cm³/mol. The average molecular weight is 343 g/mol. The van der Waals surface area contributed by atoms with Crippen LogP contribution in [-0.4, -0.2) is 12.0 Å². The third kappa shape index (κ3) is 3.12. The highest BCUT2D eigenvalue weighted by atomic mass is 127. The van der Waals surface area contributed by atoms with Crippen LogP contribution < -0.4 is 11.1 Å². The number of hydrogen-bond donors (Lipinski definition) is 2. The van der Waals surface area contributed by atoms with E-state index in [1.54, 1.807) is 0 Å². The monoisotopic (exact) mass is 343 g/mol. The number of benzene rings is 1. The first-order valence-electron chi connectivity index (χ1n) is 6.03. The van der Waals surface area contributed by atoms with E-state index in [2.05, 4.69) is 28.5 Å². The van der Waals surface area contributed by atoms with Crippen LogP contribution in [0.15, 0.2) is 23.2 Å². The van der Waals surface area contributed by atoms with Crippen molar-refractivity contribution in [2.45, 2.75) is 38.1 Å². The summed E-state index contributed by atoms with van der Waals surface area (Å²) < 4.78 is 0. The van der Waals surface area contributed by atoms with Gasteiger partial charge in [0.1, 0.15) is 0 Å². The second-order valence-electron chi connectivity index (χ2n) is 4.71. The Balaban J connectivity index is 0.00000108. The molecule has 4 heteroatoms. The smallest absolute Gasteiger partial charge is 0.193 e. The normalized spacial score (nSPS) is 18.5. The van der Waals surface area contributed by atoms with Crippen molar-refractivity contribution < 1.29 is 0 Å². The summed E-state index contributed by atoms with van der Waals surface area (Å²) in [5, 5.41) is 3.17. The number of rotatable bonds is 2. The molecule has 0 aromatic heterocycles. The van der Waals surface area contributed by atoms with Gasteiger partial charge in [0.25, 0.3) is 0 Å². The van der Waals surface area contributed by atoms with Gasteiger partial charge in [0.05, 0.1) is 6.04 Å². The number of guanidine groups is 1. The van der Waals surface area contributed by atoms with Crippen LogP contribution in [-0.2, 0) is 12.8 Å². The lowest BCUT2D eigenvalue weighted by atomic mass is 10.1. The number of nitrogens with one attached hydrogen (secondary N) is 1. The molecular weight excluding hydrogens is 325 g/mol. The highest BCUT2D eigenvalue weighted by Gasteiger charge is 2.20. The first-order chi connectivity index (χ1) is 7.81. The van der Waals surface area contributed by atoms with Gasteiger partial charge >= 0.3 is 0 Å². The van der Waals surface area contributed by atoms with E-state index in [1.807, 2.05) is 0 Å². The number of fused-ring (bicyclic) bond motifs is 1. The Labute approximate surface area is 119 Å². The predicted octanol–water partition coefficient (Wildman–Crippen LogP) is 2.68. The molecule has 0 bridgehead atoms. The molecule has 1 fully saturated rings.